The highest BCUT2D eigenvalue weighted by molar-refractivity contribution is 5.85. The Morgan fingerprint density at radius 3 is 2.67 bits per heavy atom. The van der Waals surface area contributed by atoms with E-state index in [0.29, 0.717) is 0 Å². The van der Waals surface area contributed by atoms with Crippen molar-refractivity contribution in [2.75, 3.05) is 5.73 Å². The van der Waals surface area contributed by atoms with Gasteiger partial charge in [0.2, 0.25) is 0 Å². The quantitative estimate of drug-likeness (QED) is 0.655. The molecule has 2 heterocycles. The van der Waals surface area contributed by atoms with Crippen molar-refractivity contribution in [2.24, 2.45) is 7.05 Å². The van der Waals surface area contributed by atoms with Crippen molar-refractivity contribution in [3.8, 4) is 0 Å². The van der Waals surface area contributed by atoms with E-state index in [1.807, 2.05) is 7.05 Å². The van der Waals surface area contributed by atoms with Crippen LogP contribution in [0.1, 0.15) is 11.3 Å². The number of rotatable bonds is 0. The van der Waals surface area contributed by atoms with Crippen molar-refractivity contribution >= 4 is 30.6 Å². The predicted molar refractivity (Wildman–Crippen MR) is 52.7 cm³/mol. The standard InChI is InChI=1S/C6H10N4.2ClH/c1-10-6(7)4-2-8-3-5(4)9-10;;/h8H,2-3,7H2,1H3;2*1H. The number of fused-ring (bicyclic) bond motifs is 1. The third-order valence-electron chi connectivity index (χ3n) is 1.87. The van der Waals surface area contributed by atoms with Crippen LogP contribution in [0, 0.1) is 0 Å². The second-order valence-electron chi connectivity index (χ2n) is 2.54. The van der Waals surface area contributed by atoms with E-state index in [1.165, 1.54) is 5.56 Å². The van der Waals surface area contributed by atoms with Crippen molar-refractivity contribution in [2.45, 2.75) is 13.1 Å². The number of anilines is 1. The topological polar surface area (TPSA) is 55.9 Å². The Morgan fingerprint density at radius 2 is 2.08 bits per heavy atom. The molecule has 0 fully saturated rings. The van der Waals surface area contributed by atoms with Gasteiger partial charge in [0.1, 0.15) is 5.82 Å². The number of nitrogens with one attached hydrogen (secondary N) is 1. The summed E-state index contributed by atoms with van der Waals surface area (Å²) in [5.74, 6) is 0.792. The zero-order valence-corrected chi connectivity index (χ0v) is 8.34. The molecule has 1 aromatic rings. The largest absolute Gasteiger partial charge is 0.384 e. The van der Waals surface area contributed by atoms with Crippen molar-refractivity contribution in [1.29, 1.82) is 0 Å². The first-order valence-electron chi connectivity index (χ1n) is 3.30. The van der Waals surface area contributed by atoms with E-state index < -0.39 is 0 Å². The van der Waals surface area contributed by atoms with Gasteiger partial charge in [-0.25, -0.2) is 0 Å². The molecule has 0 aliphatic carbocycles. The van der Waals surface area contributed by atoms with Crippen LogP contribution in [0.25, 0.3) is 0 Å². The zero-order valence-electron chi connectivity index (χ0n) is 6.70. The lowest BCUT2D eigenvalue weighted by Crippen LogP contribution is -2.07. The van der Waals surface area contributed by atoms with Gasteiger partial charge in [-0.15, -0.1) is 24.8 Å². The van der Waals surface area contributed by atoms with Crippen LogP contribution < -0.4 is 11.1 Å². The molecule has 0 saturated heterocycles. The maximum absolute atomic E-state index is 5.71. The number of nitrogens with two attached hydrogens (primary N) is 1. The fourth-order valence-corrected chi connectivity index (χ4v) is 1.28. The molecule has 70 valence electrons. The summed E-state index contributed by atoms with van der Waals surface area (Å²) in [6.07, 6.45) is 0. The van der Waals surface area contributed by atoms with Gasteiger partial charge < -0.3 is 11.1 Å². The summed E-state index contributed by atoms with van der Waals surface area (Å²) in [6, 6.07) is 0. The maximum Gasteiger partial charge on any atom is 0.126 e. The SMILES string of the molecule is Cl.Cl.Cn1nc2c(c1N)CNC2. The molecular formula is C6H12Cl2N4. The average Bonchev–Trinajstić information content (AvgIpc) is 2.41. The Balaban J connectivity index is 0.000000605. The van der Waals surface area contributed by atoms with Gasteiger partial charge in [0.05, 0.1) is 5.69 Å². The van der Waals surface area contributed by atoms with Crippen LogP contribution in [0.2, 0.25) is 0 Å². The molecule has 1 aromatic heterocycles. The zero-order chi connectivity index (χ0) is 7.14. The molecule has 0 unspecified atom stereocenters. The second-order valence-corrected chi connectivity index (χ2v) is 2.54. The summed E-state index contributed by atoms with van der Waals surface area (Å²) in [5, 5.41) is 7.40. The van der Waals surface area contributed by atoms with Crippen LogP contribution in [0.3, 0.4) is 0 Å². The first-order valence-corrected chi connectivity index (χ1v) is 3.30. The van der Waals surface area contributed by atoms with E-state index in [1.54, 1.807) is 4.68 Å². The van der Waals surface area contributed by atoms with Gasteiger partial charge in [-0.1, -0.05) is 0 Å². The molecule has 0 spiro atoms. The Bertz CT molecular complexity index is 271. The fraction of sp³-hybridized carbons (Fsp3) is 0.500. The first-order chi connectivity index (χ1) is 4.79. The molecule has 0 saturated carbocycles. The molecule has 0 radical (unpaired) electrons. The third kappa shape index (κ3) is 1.50. The number of hydrogen-bond donors (Lipinski definition) is 2. The minimum atomic E-state index is 0. The third-order valence-corrected chi connectivity index (χ3v) is 1.87. The summed E-state index contributed by atoms with van der Waals surface area (Å²) in [6.45, 7) is 1.73. The molecule has 0 bridgehead atoms. The molecule has 3 N–H and O–H groups in total. The normalized spacial score (nSPS) is 13.1. The minimum absolute atomic E-state index is 0. The van der Waals surface area contributed by atoms with Gasteiger partial charge in [0.25, 0.3) is 0 Å². The lowest BCUT2D eigenvalue weighted by molar-refractivity contribution is 0.695. The van der Waals surface area contributed by atoms with Crippen LogP contribution in [0.15, 0.2) is 0 Å². The van der Waals surface area contributed by atoms with Gasteiger partial charge in [-0.2, -0.15) is 5.10 Å². The smallest absolute Gasteiger partial charge is 0.126 e. The molecule has 0 atom stereocenters. The van der Waals surface area contributed by atoms with Crippen molar-refractivity contribution in [3.05, 3.63) is 11.3 Å². The van der Waals surface area contributed by atoms with E-state index in [2.05, 4.69) is 10.4 Å². The number of aryl methyl sites for hydroxylation is 1. The molecular weight excluding hydrogens is 199 g/mol. The van der Waals surface area contributed by atoms with Crippen LogP contribution >= 0.6 is 24.8 Å². The Morgan fingerprint density at radius 1 is 1.42 bits per heavy atom. The summed E-state index contributed by atoms with van der Waals surface area (Å²) >= 11 is 0. The van der Waals surface area contributed by atoms with Crippen LogP contribution in [0.4, 0.5) is 5.82 Å². The highest BCUT2D eigenvalue weighted by Crippen LogP contribution is 2.19. The molecule has 6 heteroatoms. The summed E-state index contributed by atoms with van der Waals surface area (Å²) in [5.41, 5.74) is 7.98. The van der Waals surface area contributed by atoms with Crippen molar-refractivity contribution in [3.63, 3.8) is 0 Å². The molecule has 0 amide bonds. The van der Waals surface area contributed by atoms with Gasteiger partial charge in [-0.3, -0.25) is 4.68 Å². The number of hydrogen-bond acceptors (Lipinski definition) is 3. The Labute approximate surface area is 83.3 Å². The maximum atomic E-state index is 5.71. The molecule has 12 heavy (non-hydrogen) atoms. The highest BCUT2D eigenvalue weighted by atomic mass is 35.5. The van der Waals surface area contributed by atoms with Crippen molar-refractivity contribution in [1.82, 2.24) is 15.1 Å². The molecule has 1 aliphatic heterocycles. The summed E-state index contributed by atoms with van der Waals surface area (Å²) in [7, 11) is 1.87. The summed E-state index contributed by atoms with van der Waals surface area (Å²) < 4.78 is 1.73. The predicted octanol–water partition coefficient (Wildman–Crippen LogP) is 0.449. The first kappa shape index (κ1) is 11.6. The van der Waals surface area contributed by atoms with E-state index >= 15 is 0 Å². The van der Waals surface area contributed by atoms with Crippen LogP contribution in [-0.2, 0) is 20.1 Å². The molecule has 4 nitrogen and oxygen atoms in total. The molecule has 2 rings (SSSR count). The van der Waals surface area contributed by atoms with E-state index in [-0.39, 0.29) is 24.8 Å². The van der Waals surface area contributed by atoms with Crippen LogP contribution in [-0.4, -0.2) is 9.78 Å². The Hall–Kier alpha value is -0.450. The lowest BCUT2D eigenvalue weighted by Gasteiger charge is -1.95. The highest BCUT2D eigenvalue weighted by Gasteiger charge is 2.17. The van der Waals surface area contributed by atoms with Crippen molar-refractivity contribution < 1.29 is 0 Å². The Kier molecular flexibility index (Phi) is 3.83. The number of nitrogen functional groups attached to an aromatic ring is 1. The number of nitrogens with zero attached hydrogens (tertiary/aromatic N) is 2. The average molecular weight is 211 g/mol. The van der Waals surface area contributed by atoms with Gasteiger partial charge in [0.15, 0.2) is 0 Å². The lowest BCUT2D eigenvalue weighted by atomic mass is 10.3. The molecule has 0 aromatic carbocycles. The van der Waals surface area contributed by atoms with Gasteiger partial charge in [-0.05, 0) is 0 Å². The number of aromatic nitrogens is 2. The van der Waals surface area contributed by atoms with E-state index in [9.17, 15) is 0 Å². The van der Waals surface area contributed by atoms with Crippen LogP contribution in [0.5, 0.6) is 0 Å². The number of halogens is 2. The summed E-state index contributed by atoms with van der Waals surface area (Å²) in [4.78, 5) is 0. The monoisotopic (exact) mass is 210 g/mol. The molecule has 1 aliphatic rings. The van der Waals surface area contributed by atoms with Gasteiger partial charge >= 0.3 is 0 Å². The second kappa shape index (κ2) is 3.98. The van der Waals surface area contributed by atoms with Gasteiger partial charge in [0, 0.05) is 25.7 Å². The van der Waals surface area contributed by atoms with E-state index in [0.717, 1.165) is 24.6 Å². The minimum Gasteiger partial charge on any atom is -0.384 e. The fourth-order valence-electron chi connectivity index (χ4n) is 1.28. The van der Waals surface area contributed by atoms with E-state index in [4.69, 9.17) is 5.73 Å².